The van der Waals surface area contributed by atoms with Crippen LogP contribution in [0.5, 0.6) is 11.5 Å². The van der Waals surface area contributed by atoms with Crippen LogP contribution in [0.4, 0.5) is 0 Å². The van der Waals surface area contributed by atoms with Crippen molar-refractivity contribution in [2.45, 2.75) is 25.6 Å². The van der Waals surface area contributed by atoms with Gasteiger partial charge in [0.15, 0.2) is 11.5 Å². The van der Waals surface area contributed by atoms with Crippen LogP contribution in [0.1, 0.15) is 35.6 Å². The van der Waals surface area contributed by atoms with Crippen LogP contribution in [0.2, 0.25) is 5.02 Å². The molecule has 0 spiro atoms. The fraction of sp³-hybridized carbons (Fsp3) is 0.375. The molecule has 1 aromatic heterocycles. The Labute approximate surface area is 138 Å². The molecule has 114 valence electrons. The number of ether oxygens (including phenoxy) is 2. The molecule has 0 N–H and O–H groups in total. The van der Waals surface area contributed by atoms with Crippen molar-refractivity contribution in [1.82, 2.24) is 0 Å². The van der Waals surface area contributed by atoms with Crippen LogP contribution < -0.4 is 9.47 Å². The van der Waals surface area contributed by atoms with Crippen LogP contribution >= 0.6 is 27.5 Å². The van der Waals surface area contributed by atoms with E-state index in [1.54, 1.807) is 12.3 Å². The van der Waals surface area contributed by atoms with E-state index in [1.807, 2.05) is 32.9 Å². The molecular weight excluding hydrogens is 356 g/mol. The van der Waals surface area contributed by atoms with Crippen molar-refractivity contribution in [2.75, 3.05) is 13.2 Å². The summed E-state index contributed by atoms with van der Waals surface area (Å²) in [6.45, 7) is 6.91. The molecule has 1 atom stereocenters. The zero-order valence-corrected chi connectivity index (χ0v) is 14.6. The van der Waals surface area contributed by atoms with E-state index in [0.717, 1.165) is 16.9 Å². The van der Waals surface area contributed by atoms with Gasteiger partial charge in [0.25, 0.3) is 0 Å². The maximum absolute atomic E-state index is 6.39. The van der Waals surface area contributed by atoms with Crippen LogP contribution in [0.3, 0.4) is 0 Å². The first-order chi connectivity index (χ1) is 10.1. The van der Waals surface area contributed by atoms with E-state index in [0.29, 0.717) is 29.7 Å². The van der Waals surface area contributed by atoms with Gasteiger partial charge in [-0.3, -0.25) is 0 Å². The lowest BCUT2D eigenvalue weighted by Crippen LogP contribution is -2.01. The lowest BCUT2D eigenvalue weighted by atomic mass is 10.1. The number of benzene rings is 1. The summed E-state index contributed by atoms with van der Waals surface area (Å²) in [6, 6.07) is 5.69. The smallest absolute Gasteiger partial charge is 0.162 e. The second-order valence-corrected chi connectivity index (χ2v) is 5.86. The highest BCUT2D eigenvalue weighted by molar-refractivity contribution is 9.09. The molecule has 2 aromatic rings. The zero-order chi connectivity index (χ0) is 15.4. The van der Waals surface area contributed by atoms with Crippen molar-refractivity contribution in [3.05, 3.63) is 46.4 Å². The molecule has 0 saturated carbocycles. The molecule has 0 aliphatic carbocycles. The van der Waals surface area contributed by atoms with Gasteiger partial charge in [-0.2, -0.15) is 0 Å². The second kappa shape index (κ2) is 7.23. The topological polar surface area (TPSA) is 31.6 Å². The molecule has 0 saturated heterocycles. The van der Waals surface area contributed by atoms with Crippen molar-refractivity contribution >= 4 is 27.5 Å². The fourth-order valence-electron chi connectivity index (χ4n) is 2.06. The Bertz CT molecular complexity index is 610. The van der Waals surface area contributed by atoms with E-state index in [2.05, 4.69) is 15.9 Å². The molecule has 1 heterocycles. The zero-order valence-electron chi connectivity index (χ0n) is 12.3. The first kappa shape index (κ1) is 16.2. The summed E-state index contributed by atoms with van der Waals surface area (Å²) < 4.78 is 16.6. The predicted molar refractivity (Wildman–Crippen MR) is 88.0 cm³/mol. The molecule has 5 heteroatoms. The van der Waals surface area contributed by atoms with Gasteiger partial charge in [0.2, 0.25) is 0 Å². The Morgan fingerprint density at radius 1 is 1.14 bits per heavy atom. The third-order valence-corrected chi connectivity index (χ3v) is 4.33. The molecule has 0 fully saturated rings. The van der Waals surface area contributed by atoms with Gasteiger partial charge in [-0.15, -0.1) is 0 Å². The van der Waals surface area contributed by atoms with Gasteiger partial charge in [-0.05, 0) is 38.5 Å². The van der Waals surface area contributed by atoms with Crippen molar-refractivity contribution in [3.8, 4) is 11.5 Å². The maximum Gasteiger partial charge on any atom is 0.162 e. The average Bonchev–Trinajstić information content (AvgIpc) is 2.88. The number of hydrogen-bond acceptors (Lipinski definition) is 3. The SMILES string of the molecule is CCOc1cc(Cl)c(C(Br)c2coc(C)c2)cc1OCC. The molecule has 1 aromatic carbocycles. The number of halogens is 2. The van der Waals surface area contributed by atoms with E-state index in [-0.39, 0.29) is 4.83 Å². The van der Waals surface area contributed by atoms with Gasteiger partial charge >= 0.3 is 0 Å². The van der Waals surface area contributed by atoms with E-state index >= 15 is 0 Å². The van der Waals surface area contributed by atoms with E-state index in [4.69, 9.17) is 25.5 Å². The Hall–Kier alpha value is -1.13. The van der Waals surface area contributed by atoms with Crippen molar-refractivity contribution < 1.29 is 13.9 Å². The van der Waals surface area contributed by atoms with Gasteiger partial charge in [0, 0.05) is 16.7 Å². The molecule has 0 aliphatic rings. The molecule has 0 bridgehead atoms. The van der Waals surface area contributed by atoms with E-state index in [9.17, 15) is 0 Å². The Balaban J connectivity index is 2.40. The molecule has 21 heavy (non-hydrogen) atoms. The number of rotatable bonds is 6. The number of alkyl halides is 1. The predicted octanol–water partition coefficient (Wildman–Crippen LogP) is 5.52. The molecule has 0 radical (unpaired) electrons. The Morgan fingerprint density at radius 2 is 1.76 bits per heavy atom. The van der Waals surface area contributed by atoms with E-state index < -0.39 is 0 Å². The van der Waals surface area contributed by atoms with Crippen LogP contribution in [-0.2, 0) is 0 Å². The van der Waals surface area contributed by atoms with Crippen LogP contribution in [0.25, 0.3) is 0 Å². The molecule has 3 nitrogen and oxygen atoms in total. The summed E-state index contributed by atoms with van der Waals surface area (Å²) in [5, 5.41) is 0.627. The summed E-state index contributed by atoms with van der Waals surface area (Å²) in [5.74, 6) is 2.22. The summed E-state index contributed by atoms with van der Waals surface area (Å²) in [4.78, 5) is -0.0580. The highest BCUT2D eigenvalue weighted by Gasteiger charge is 2.19. The lowest BCUT2D eigenvalue weighted by Gasteiger charge is -2.16. The summed E-state index contributed by atoms with van der Waals surface area (Å²) in [5.41, 5.74) is 1.94. The third-order valence-electron chi connectivity index (χ3n) is 2.98. The summed E-state index contributed by atoms with van der Waals surface area (Å²) in [6.07, 6.45) is 1.72. The fourth-order valence-corrected chi connectivity index (χ4v) is 3.07. The van der Waals surface area contributed by atoms with Crippen molar-refractivity contribution in [1.29, 1.82) is 0 Å². The minimum atomic E-state index is -0.0580. The molecule has 0 aliphatic heterocycles. The van der Waals surface area contributed by atoms with Crippen LogP contribution in [-0.4, -0.2) is 13.2 Å². The highest BCUT2D eigenvalue weighted by atomic mass is 79.9. The maximum atomic E-state index is 6.39. The lowest BCUT2D eigenvalue weighted by molar-refractivity contribution is 0.287. The monoisotopic (exact) mass is 372 g/mol. The first-order valence-corrected chi connectivity index (χ1v) is 8.14. The minimum absolute atomic E-state index is 0.0580. The summed E-state index contributed by atoms with van der Waals surface area (Å²) >= 11 is 10.1. The number of aryl methyl sites for hydroxylation is 1. The van der Waals surface area contributed by atoms with Gasteiger partial charge < -0.3 is 13.9 Å². The van der Waals surface area contributed by atoms with Gasteiger partial charge in [0.05, 0.1) is 24.3 Å². The molecule has 1 unspecified atom stereocenters. The number of furan rings is 1. The van der Waals surface area contributed by atoms with Gasteiger partial charge in [-0.1, -0.05) is 27.5 Å². The molecule has 2 rings (SSSR count). The second-order valence-electron chi connectivity index (χ2n) is 4.54. The molecular formula is C16H18BrClO3. The van der Waals surface area contributed by atoms with Crippen LogP contribution in [0.15, 0.2) is 28.9 Å². The Kier molecular flexibility index (Phi) is 5.59. The van der Waals surface area contributed by atoms with E-state index in [1.165, 1.54) is 0 Å². The average molecular weight is 374 g/mol. The van der Waals surface area contributed by atoms with Crippen molar-refractivity contribution in [3.63, 3.8) is 0 Å². The third kappa shape index (κ3) is 3.74. The minimum Gasteiger partial charge on any atom is -0.490 e. The number of hydrogen-bond donors (Lipinski definition) is 0. The van der Waals surface area contributed by atoms with Gasteiger partial charge in [-0.25, -0.2) is 0 Å². The quantitative estimate of drug-likeness (QED) is 0.624. The first-order valence-electron chi connectivity index (χ1n) is 6.84. The van der Waals surface area contributed by atoms with Gasteiger partial charge in [0.1, 0.15) is 5.76 Å². The largest absolute Gasteiger partial charge is 0.490 e. The highest BCUT2D eigenvalue weighted by Crippen LogP contribution is 2.41. The Morgan fingerprint density at radius 3 is 2.29 bits per heavy atom. The van der Waals surface area contributed by atoms with Crippen molar-refractivity contribution in [2.24, 2.45) is 0 Å². The summed E-state index contributed by atoms with van der Waals surface area (Å²) in [7, 11) is 0. The normalized spacial score (nSPS) is 12.2. The molecule has 0 amide bonds. The van der Waals surface area contributed by atoms with Crippen LogP contribution in [0, 0.1) is 6.92 Å². The standard InChI is InChI=1S/C16H18BrClO3/c1-4-19-14-7-12(13(18)8-15(14)20-5-2)16(17)11-6-10(3)21-9-11/h6-9,16H,4-5H2,1-3H3.